The lowest BCUT2D eigenvalue weighted by molar-refractivity contribution is 0.0963. The molecule has 0 spiro atoms. The number of likely N-dealkylation sites (tertiary alicyclic amines) is 1. The van der Waals surface area contributed by atoms with Crippen LogP contribution in [0.15, 0.2) is 29.3 Å². The molecule has 1 amide bonds. The zero-order chi connectivity index (χ0) is 20.6. The zero-order valence-electron chi connectivity index (χ0n) is 17.7. The Balaban J connectivity index is 1.86. The van der Waals surface area contributed by atoms with E-state index in [-0.39, 0.29) is 17.7 Å². The topological polar surface area (TPSA) is 75.2 Å². The normalized spacial score (nSPS) is 15.9. The van der Waals surface area contributed by atoms with Crippen molar-refractivity contribution in [3.8, 4) is 5.75 Å². The van der Waals surface area contributed by atoms with Gasteiger partial charge in [0.2, 0.25) is 0 Å². The molecule has 0 atom stereocenters. The average Bonchev–Trinajstić information content (AvgIpc) is 2.65. The fraction of sp³-hybridized carbons (Fsp3) is 0.619. The van der Waals surface area contributed by atoms with Gasteiger partial charge in [-0.25, -0.2) is 4.79 Å². The fourth-order valence-electron chi connectivity index (χ4n) is 3.07. The summed E-state index contributed by atoms with van der Waals surface area (Å²) in [4.78, 5) is 17.9. The first-order valence-electron chi connectivity index (χ1n) is 9.98. The molecule has 7 heteroatoms. The molecule has 7 nitrogen and oxygen atoms in total. The Hall–Kier alpha value is -2.44. The summed E-state index contributed by atoms with van der Waals surface area (Å²) < 4.78 is 11.1. The number of carbonyl (C=O) groups excluding carboxylic acids is 1. The van der Waals surface area contributed by atoms with Gasteiger partial charge in [0.25, 0.3) is 0 Å². The van der Waals surface area contributed by atoms with Crippen molar-refractivity contribution >= 4 is 12.1 Å². The van der Waals surface area contributed by atoms with Crippen molar-refractivity contribution in [2.24, 2.45) is 4.99 Å². The number of hydrogen-bond acceptors (Lipinski definition) is 4. The van der Waals surface area contributed by atoms with Gasteiger partial charge in [-0.3, -0.25) is 4.99 Å². The molecule has 0 unspecified atom stereocenters. The van der Waals surface area contributed by atoms with Gasteiger partial charge in [-0.05, 0) is 46.6 Å². The molecule has 0 radical (unpaired) electrons. The number of para-hydroxylation sites is 1. The molecule has 0 aliphatic carbocycles. The summed E-state index contributed by atoms with van der Waals surface area (Å²) in [6.45, 7) is 10.4. The van der Waals surface area contributed by atoms with E-state index in [4.69, 9.17) is 9.47 Å². The molecule has 2 N–H and O–H groups in total. The van der Waals surface area contributed by atoms with Gasteiger partial charge in [0.15, 0.2) is 5.96 Å². The first-order chi connectivity index (χ1) is 13.3. The Bertz CT molecular complexity index is 662. The third-order valence-electron chi connectivity index (χ3n) is 4.42. The van der Waals surface area contributed by atoms with Gasteiger partial charge in [-0.1, -0.05) is 18.2 Å². The molecule has 0 saturated carbocycles. The highest BCUT2D eigenvalue weighted by molar-refractivity contribution is 5.80. The largest absolute Gasteiger partial charge is 0.488 e. The molecule has 1 heterocycles. The van der Waals surface area contributed by atoms with Crippen molar-refractivity contribution in [2.45, 2.75) is 58.7 Å². The molecule has 1 aromatic carbocycles. The van der Waals surface area contributed by atoms with E-state index >= 15 is 0 Å². The maximum absolute atomic E-state index is 11.8. The van der Waals surface area contributed by atoms with Crippen molar-refractivity contribution in [1.29, 1.82) is 0 Å². The van der Waals surface area contributed by atoms with E-state index in [0.29, 0.717) is 26.2 Å². The van der Waals surface area contributed by atoms with Crippen LogP contribution < -0.4 is 15.4 Å². The third kappa shape index (κ3) is 6.94. The zero-order valence-corrected chi connectivity index (χ0v) is 17.7. The van der Waals surface area contributed by atoms with Crippen LogP contribution in [-0.2, 0) is 11.3 Å². The van der Waals surface area contributed by atoms with E-state index in [2.05, 4.69) is 21.7 Å². The lowest BCUT2D eigenvalue weighted by Gasteiger charge is -2.32. The monoisotopic (exact) mass is 390 g/mol. The second-order valence-electron chi connectivity index (χ2n) is 7.85. The molecule has 1 saturated heterocycles. The van der Waals surface area contributed by atoms with Crippen molar-refractivity contribution in [3.63, 3.8) is 0 Å². The van der Waals surface area contributed by atoms with E-state index in [1.165, 1.54) is 0 Å². The van der Waals surface area contributed by atoms with Gasteiger partial charge in [0.1, 0.15) is 11.4 Å². The first-order valence-corrected chi connectivity index (χ1v) is 9.98. The molecule has 156 valence electrons. The molecule has 0 bridgehead atoms. The predicted molar refractivity (Wildman–Crippen MR) is 112 cm³/mol. The van der Waals surface area contributed by atoms with E-state index in [1.54, 1.807) is 11.9 Å². The van der Waals surface area contributed by atoms with Gasteiger partial charge >= 0.3 is 6.09 Å². The Morgan fingerprint density at radius 3 is 2.54 bits per heavy atom. The van der Waals surface area contributed by atoms with Crippen LogP contribution in [0.25, 0.3) is 0 Å². The SMILES string of the molecule is CCOC(=O)N1CCC(NC(=NC)NCc2ccccc2OC(C)(C)C)CC1. The van der Waals surface area contributed by atoms with Crippen LogP contribution in [0, 0.1) is 0 Å². The van der Waals surface area contributed by atoms with E-state index in [9.17, 15) is 4.79 Å². The summed E-state index contributed by atoms with van der Waals surface area (Å²) in [6, 6.07) is 8.31. The van der Waals surface area contributed by atoms with Gasteiger partial charge in [0.05, 0.1) is 6.61 Å². The highest BCUT2D eigenvalue weighted by atomic mass is 16.6. The van der Waals surface area contributed by atoms with Gasteiger partial charge < -0.3 is 25.0 Å². The van der Waals surface area contributed by atoms with Crippen molar-refractivity contribution < 1.29 is 14.3 Å². The maximum atomic E-state index is 11.8. The van der Waals surface area contributed by atoms with Crippen LogP contribution >= 0.6 is 0 Å². The minimum absolute atomic E-state index is 0.223. The summed E-state index contributed by atoms with van der Waals surface area (Å²) in [6.07, 6.45) is 1.51. The maximum Gasteiger partial charge on any atom is 0.409 e. The number of aliphatic imine (C=N–C) groups is 1. The summed E-state index contributed by atoms with van der Waals surface area (Å²) in [5.41, 5.74) is 0.834. The lowest BCUT2D eigenvalue weighted by atomic mass is 10.1. The Morgan fingerprint density at radius 1 is 1.25 bits per heavy atom. The number of ether oxygens (including phenoxy) is 2. The Labute approximate surface area is 168 Å². The van der Waals surface area contributed by atoms with Crippen molar-refractivity contribution in [3.05, 3.63) is 29.8 Å². The van der Waals surface area contributed by atoms with Crippen LogP contribution in [0.5, 0.6) is 5.75 Å². The molecule has 28 heavy (non-hydrogen) atoms. The number of piperidine rings is 1. The lowest BCUT2D eigenvalue weighted by Crippen LogP contribution is -2.49. The number of carbonyl (C=O) groups is 1. The molecule has 1 aliphatic rings. The minimum atomic E-state index is -0.247. The number of guanidine groups is 1. The molecule has 1 fully saturated rings. The highest BCUT2D eigenvalue weighted by Crippen LogP contribution is 2.22. The second-order valence-corrected chi connectivity index (χ2v) is 7.85. The quantitative estimate of drug-likeness (QED) is 0.597. The van der Waals surface area contributed by atoms with Gasteiger partial charge in [0, 0.05) is 38.3 Å². The van der Waals surface area contributed by atoms with E-state index in [0.717, 1.165) is 30.1 Å². The predicted octanol–water partition coefficient (Wildman–Crippen LogP) is 3.15. The Morgan fingerprint density at radius 2 is 1.93 bits per heavy atom. The summed E-state index contributed by atoms with van der Waals surface area (Å²) in [5.74, 6) is 1.63. The van der Waals surface area contributed by atoms with Crippen molar-refractivity contribution in [1.82, 2.24) is 15.5 Å². The molecule has 1 aliphatic heterocycles. The van der Waals surface area contributed by atoms with Crippen LogP contribution in [0.1, 0.15) is 46.1 Å². The van der Waals surface area contributed by atoms with E-state index in [1.807, 2.05) is 45.9 Å². The molecule has 2 rings (SSSR count). The minimum Gasteiger partial charge on any atom is -0.488 e. The number of nitrogens with zero attached hydrogens (tertiary/aromatic N) is 2. The number of nitrogens with one attached hydrogen (secondary N) is 2. The summed E-state index contributed by atoms with van der Waals surface area (Å²) in [7, 11) is 1.76. The third-order valence-corrected chi connectivity index (χ3v) is 4.42. The number of amides is 1. The number of rotatable bonds is 5. The van der Waals surface area contributed by atoms with Crippen LogP contribution in [-0.4, -0.2) is 55.3 Å². The standard InChI is InChI=1S/C21H34N4O3/c1-6-27-20(26)25-13-11-17(12-14-25)24-19(22-5)23-15-16-9-7-8-10-18(16)28-21(2,3)4/h7-10,17H,6,11-15H2,1-5H3,(H2,22,23,24). The van der Waals surface area contributed by atoms with Crippen molar-refractivity contribution in [2.75, 3.05) is 26.7 Å². The van der Waals surface area contributed by atoms with E-state index < -0.39 is 0 Å². The smallest absolute Gasteiger partial charge is 0.409 e. The highest BCUT2D eigenvalue weighted by Gasteiger charge is 2.24. The molecular formula is C21H34N4O3. The number of benzene rings is 1. The van der Waals surface area contributed by atoms with Gasteiger partial charge in [-0.15, -0.1) is 0 Å². The Kier molecular flexibility index (Phi) is 7.96. The number of hydrogen-bond donors (Lipinski definition) is 2. The molecule has 0 aromatic heterocycles. The molecule has 1 aromatic rings. The summed E-state index contributed by atoms with van der Waals surface area (Å²) in [5, 5.41) is 6.82. The van der Waals surface area contributed by atoms with Gasteiger partial charge in [-0.2, -0.15) is 0 Å². The van der Waals surface area contributed by atoms with Crippen LogP contribution in [0.3, 0.4) is 0 Å². The second kappa shape index (κ2) is 10.2. The fourth-order valence-corrected chi connectivity index (χ4v) is 3.07. The average molecular weight is 391 g/mol. The first kappa shape index (κ1) is 21.9. The van der Waals surface area contributed by atoms with Crippen LogP contribution in [0.2, 0.25) is 0 Å². The molecular weight excluding hydrogens is 356 g/mol. The summed E-state index contributed by atoms with van der Waals surface area (Å²) >= 11 is 0. The van der Waals surface area contributed by atoms with Crippen LogP contribution in [0.4, 0.5) is 4.79 Å².